The second-order valence-electron chi connectivity index (χ2n) is 4.66. The Morgan fingerprint density at radius 1 is 1.45 bits per heavy atom. The highest BCUT2D eigenvalue weighted by Crippen LogP contribution is 2.15. The number of rotatable bonds is 10. The minimum atomic E-state index is -0.485. The van der Waals surface area contributed by atoms with E-state index >= 15 is 0 Å². The van der Waals surface area contributed by atoms with E-state index in [1.807, 2.05) is 26.2 Å². The smallest absolute Gasteiger partial charge is 0.274 e. The Labute approximate surface area is 145 Å². The third-order valence-electron chi connectivity index (χ3n) is 2.50. The van der Waals surface area contributed by atoms with Gasteiger partial charge >= 0.3 is 0 Å². The van der Waals surface area contributed by atoms with E-state index in [2.05, 4.69) is 15.5 Å². The van der Waals surface area contributed by atoms with E-state index < -0.39 is 4.92 Å². The van der Waals surface area contributed by atoms with Gasteiger partial charge in [-0.25, -0.2) is 0 Å². The van der Waals surface area contributed by atoms with Gasteiger partial charge in [0.2, 0.25) is 0 Å². The van der Waals surface area contributed by atoms with E-state index in [1.165, 1.54) is 0 Å². The Morgan fingerprint density at radius 2 is 2.14 bits per heavy atom. The fourth-order valence-electron chi connectivity index (χ4n) is 1.63. The summed E-state index contributed by atoms with van der Waals surface area (Å²) in [4.78, 5) is 11.9. The molecule has 0 bridgehead atoms. The zero-order valence-corrected chi connectivity index (χ0v) is 15.5. The summed E-state index contributed by atoms with van der Waals surface area (Å²) < 4.78 is 5.70. The van der Waals surface area contributed by atoms with E-state index in [0.29, 0.717) is 12.4 Å². The SMILES string of the molecule is Br.CN/C(=C/[N+](=O)[O-])NCCSCc1ccc(CN(C)C)o1. The van der Waals surface area contributed by atoms with Gasteiger partial charge in [0.05, 0.1) is 17.2 Å². The van der Waals surface area contributed by atoms with Crippen molar-refractivity contribution >= 4 is 28.7 Å². The first-order chi connectivity index (χ1) is 10.0. The summed E-state index contributed by atoms with van der Waals surface area (Å²) in [6.07, 6.45) is 0.921. The van der Waals surface area contributed by atoms with Crippen LogP contribution in [0.3, 0.4) is 0 Å². The lowest BCUT2D eigenvalue weighted by Crippen LogP contribution is -2.26. The number of nitro groups is 1. The van der Waals surface area contributed by atoms with Gasteiger partial charge < -0.3 is 20.0 Å². The summed E-state index contributed by atoms with van der Waals surface area (Å²) in [5.74, 6) is 3.95. The number of nitrogens with zero attached hydrogens (tertiary/aromatic N) is 2. The number of halogens is 1. The molecule has 0 saturated carbocycles. The van der Waals surface area contributed by atoms with Crippen LogP contribution in [0.2, 0.25) is 0 Å². The highest BCUT2D eigenvalue weighted by atomic mass is 79.9. The number of furan rings is 1. The molecule has 7 nitrogen and oxygen atoms in total. The van der Waals surface area contributed by atoms with Crippen molar-refractivity contribution in [2.75, 3.05) is 33.4 Å². The van der Waals surface area contributed by atoms with Crippen molar-refractivity contribution in [1.29, 1.82) is 0 Å². The molecule has 0 aliphatic heterocycles. The molecule has 0 aromatic carbocycles. The largest absolute Gasteiger partial charge is 0.464 e. The number of hydrogen-bond donors (Lipinski definition) is 2. The molecule has 2 N–H and O–H groups in total. The average Bonchev–Trinajstić information content (AvgIpc) is 2.83. The molecule has 1 heterocycles. The fourth-order valence-corrected chi connectivity index (χ4v) is 2.38. The van der Waals surface area contributed by atoms with Gasteiger partial charge in [-0.1, -0.05) is 0 Å². The van der Waals surface area contributed by atoms with Crippen LogP contribution >= 0.6 is 28.7 Å². The van der Waals surface area contributed by atoms with Crippen molar-refractivity contribution in [3.63, 3.8) is 0 Å². The minimum absolute atomic E-state index is 0. The van der Waals surface area contributed by atoms with Crippen molar-refractivity contribution in [1.82, 2.24) is 15.5 Å². The van der Waals surface area contributed by atoms with Gasteiger partial charge in [0, 0.05) is 19.3 Å². The maximum absolute atomic E-state index is 10.3. The van der Waals surface area contributed by atoms with Gasteiger partial charge in [-0.3, -0.25) is 10.1 Å². The summed E-state index contributed by atoms with van der Waals surface area (Å²) in [5.41, 5.74) is 0. The molecule has 1 aromatic rings. The van der Waals surface area contributed by atoms with Crippen LogP contribution in [0, 0.1) is 10.1 Å². The Bertz CT molecular complexity index is 480. The monoisotopic (exact) mass is 394 g/mol. The van der Waals surface area contributed by atoms with Gasteiger partial charge in [-0.2, -0.15) is 11.8 Å². The highest BCUT2D eigenvalue weighted by Gasteiger charge is 2.04. The maximum atomic E-state index is 10.3. The van der Waals surface area contributed by atoms with Crippen LogP contribution in [0.4, 0.5) is 0 Å². The van der Waals surface area contributed by atoms with Gasteiger partial charge in [0.25, 0.3) is 6.20 Å². The van der Waals surface area contributed by atoms with E-state index in [0.717, 1.165) is 35.8 Å². The van der Waals surface area contributed by atoms with E-state index in [1.54, 1.807) is 18.8 Å². The van der Waals surface area contributed by atoms with Crippen LogP contribution in [0.1, 0.15) is 11.5 Å². The summed E-state index contributed by atoms with van der Waals surface area (Å²) in [6, 6.07) is 3.98. The number of thioether (sulfide) groups is 1. The second-order valence-corrected chi connectivity index (χ2v) is 5.77. The van der Waals surface area contributed by atoms with Crippen LogP contribution in [0.5, 0.6) is 0 Å². The van der Waals surface area contributed by atoms with Crippen molar-refractivity contribution in [3.05, 3.63) is 45.8 Å². The molecule has 126 valence electrons. The summed E-state index contributed by atoms with van der Waals surface area (Å²) >= 11 is 1.72. The molecule has 1 aromatic heterocycles. The van der Waals surface area contributed by atoms with Crippen molar-refractivity contribution in [3.8, 4) is 0 Å². The molecule has 0 unspecified atom stereocenters. The Hall–Kier alpha value is -1.19. The molecular formula is C13H23BrN4O3S. The van der Waals surface area contributed by atoms with Crippen LogP contribution in [-0.4, -0.2) is 43.3 Å². The Balaban J connectivity index is 0.00000441. The molecule has 0 amide bonds. The first kappa shape index (κ1) is 20.8. The third-order valence-corrected chi connectivity index (χ3v) is 3.48. The molecule has 0 aliphatic rings. The van der Waals surface area contributed by atoms with Crippen LogP contribution < -0.4 is 10.6 Å². The van der Waals surface area contributed by atoms with Crippen LogP contribution in [0.25, 0.3) is 0 Å². The van der Waals surface area contributed by atoms with E-state index in [9.17, 15) is 10.1 Å². The molecule has 0 aliphatic carbocycles. The molecule has 9 heteroatoms. The van der Waals surface area contributed by atoms with E-state index in [4.69, 9.17) is 4.42 Å². The normalized spacial score (nSPS) is 11.2. The lowest BCUT2D eigenvalue weighted by molar-refractivity contribution is -0.404. The van der Waals surface area contributed by atoms with Gasteiger partial charge in [0.1, 0.15) is 11.5 Å². The second kappa shape index (κ2) is 11.4. The minimum Gasteiger partial charge on any atom is -0.464 e. The van der Waals surface area contributed by atoms with Crippen LogP contribution in [0.15, 0.2) is 28.6 Å². The van der Waals surface area contributed by atoms with Crippen molar-refractivity contribution in [2.24, 2.45) is 0 Å². The van der Waals surface area contributed by atoms with E-state index in [-0.39, 0.29) is 17.0 Å². The standard InChI is InChI=1S/C13H22N4O3S.BrH/c1-14-13(9-17(18)19)15-6-7-21-10-12-5-4-11(20-12)8-16(2)3;/h4-5,9,14-15H,6-8,10H2,1-3H3;1H/b13-9-;. The molecule has 1 rings (SSSR count). The maximum Gasteiger partial charge on any atom is 0.274 e. The third kappa shape index (κ3) is 8.96. The summed E-state index contributed by atoms with van der Waals surface area (Å²) in [6.45, 7) is 1.44. The van der Waals surface area contributed by atoms with Crippen molar-refractivity contribution in [2.45, 2.75) is 12.3 Å². The topological polar surface area (TPSA) is 83.6 Å². The fraction of sp³-hybridized carbons (Fsp3) is 0.538. The molecule has 0 fully saturated rings. The Kier molecular flexibility index (Phi) is 10.8. The Morgan fingerprint density at radius 3 is 2.73 bits per heavy atom. The molecular weight excluding hydrogens is 372 g/mol. The van der Waals surface area contributed by atoms with Gasteiger partial charge in [0.15, 0.2) is 5.82 Å². The predicted molar refractivity (Wildman–Crippen MR) is 94.7 cm³/mol. The quantitative estimate of drug-likeness (QED) is 0.356. The zero-order valence-electron chi connectivity index (χ0n) is 13.0. The molecule has 0 saturated heterocycles. The summed E-state index contributed by atoms with van der Waals surface area (Å²) in [7, 11) is 5.64. The first-order valence-electron chi connectivity index (χ1n) is 6.58. The molecule has 0 spiro atoms. The summed E-state index contributed by atoms with van der Waals surface area (Å²) in [5, 5.41) is 16.1. The zero-order chi connectivity index (χ0) is 15.7. The molecule has 0 atom stereocenters. The number of hydrogen-bond acceptors (Lipinski definition) is 7. The average molecular weight is 395 g/mol. The van der Waals surface area contributed by atoms with Crippen molar-refractivity contribution < 1.29 is 9.34 Å². The lowest BCUT2D eigenvalue weighted by atomic mass is 10.4. The highest BCUT2D eigenvalue weighted by molar-refractivity contribution is 8.93. The van der Waals surface area contributed by atoms with Gasteiger partial charge in [-0.15, -0.1) is 17.0 Å². The van der Waals surface area contributed by atoms with Gasteiger partial charge in [-0.05, 0) is 26.2 Å². The first-order valence-corrected chi connectivity index (χ1v) is 7.73. The molecule has 0 radical (unpaired) electrons. The van der Waals surface area contributed by atoms with Crippen LogP contribution in [-0.2, 0) is 12.3 Å². The molecule has 22 heavy (non-hydrogen) atoms. The lowest BCUT2D eigenvalue weighted by Gasteiger charge is -2.07. The predicted octanol–water partition coefficient (Wildman–Crippen LogP) is 2.04. The number of nitrogens with one attached hydrogen (secondary N) is 2.